The zero-order valence-electron chi connectivity index (χ0n) is 9.55. The summed E-state index contributed by atoms with van der Waals surface area (Å²) in [5, 5.41) is 10.2. The van der Waals surface area contributed by atoms with Crippen LogP contribution in [0.5, 0.6) is 0 Å². The molecule has 90 valence electrons. The van der Waals surface area contributed by atoms with E-state index >= 15 is 0 Å². The van der Waals surface area contributed by atoms with Crippen molar-refractivity contribution in [2.45, 2.75) is 19.8 Å². The van der Waals surface area contributed by atoms with Gasteiger partial charge in [0.15, 0.2) is 5.78 Å². The van der Waals surface area contributed by atoms with Gasteiger partial charge in [0.2, 0.25) is 0 Å². The Hall–Kier alpha value is -1.55. The molecule has 0 aliphatic carbocycles. The Morgan fingerprint density at radius 1 is 1.29 bits per heavy atom. The fraction of sp³-hybridized carbons (Fsp3) is 0.308. The Morgan fingerprint density at radius 2 is 1.88 bits per heavy atom. The van der Waals surface area contributed by atoms with Crippen molar-refractivity contribution in [3.8, 4) is 0 Å². The zero-order valence-corrected chi connectivity index (χ0v) is 10.4. The van der Waals surface area contributed by atoms with Gasteiger partial charge in [0.05, 0.1) is 0 Å². The first-order valence-electron chi connectivity index (χ1n) is 5.33. The molecule has 1 unspecified atom stereocenters. The topological polar surface area (TPSA) is 54.4 Å². The Balaban J connectivity index is 2.63. The van der Waals surface area contributed by atoms with E-state index in [1.807, 2.05) is 0 Å². The average Bonchev–Trinajstić information content (AvgIpc) is 2.28. The maximum absolute atomic E-state index is 11.8. The molecular formula is C13H14O3S. The normalized spacial score (nSPS) is 11.8. The summed E-state index contributed by atoms with van der Waals surface area (Å²) in [5.41, 5.74) is 1.48. The Bertz CT molecular complexity index is 423. The van der Waals surface area contributed by atoms with Crippen LogP contribution in [0.25, 0.3) is 0 Å². The van der Waals surface area contributed by atoms with Crippen LogP contribution in [0, 0.1) is 5.92 Å². The van der Waals surface area contributed by atoms with Gasteiger partial charge in [-0.3, -0.25) is 9.59 Å². The van der Waals surface area contributed by atoms with Crippen molar-refractivity contribution in [3.05, 3.63) is 35.4 Å². The smallest absolute Gasteiger partial charge is 0.303 e. The average molecular weight is 250 g/mol. The molecule has 0 saturated carbocycles. The molecule has 0 heterocycles. The number of carboxylic acid groups (broad SMARTS) is 1. The lowest BCUT2D eigenvalue weighted by atomic mass is 9.97. The molecule has 0 aliphatic rings. The highest BCUT2D eigenvalue weighted by Gasteiger charge is 2.13. The second-order valence-electron chi connectivity index (χ2n) is 4.07. The van der Waals surface area contributed by atoms with Crippen LogP contribution in [0.4, 0.5) is 0 Å². The van der Waals surface area contributed by atoms with E-state index < -0.39 is 5.97 Å². The molecular weight excluding hydrogens is 236 g/mol. The summed E-state index contributed by atoms with van der Waals surface area (Å²) < 4.78 is 0. The van der Waals surface area contributed by atoms with E-state index in [0.29, 0.717) is 5.56 Å². The second kappa shape index (κ2) is 6.25. The molecule has 1 aromatic carbocycles. The van der Waals surface area contributed by atoms with Crippen molar-refractivity contribution in [2.24, 2.45) is 5.92 Å². The van der Waals surface area contributed by atoms with Gasteiger partial charge in [-0.05, 0) is 11.5 Å². The molecule has 0 saturated heterocycles. The van der Waals surface area contributed by atoms with Crippen molar-refractivity contribution in [1.29, 1.82) is 0 Å². The first kappa shape index (κ1) is 13.5. The molecule has 0 fully saturated rings. The molecule has 0 radical (unpaired) electrons. The highest BCUT2D eigenvalue weighted by Crippen LogP contribution is 2.13. The highest BCUT2D eigenvalue weighted by atomic mass is 32.1. The van der Waals surface area contributed by atoms with E-state index in [1.165, 1.54) is 0 Å². The third kappa shape index (κ3) is 4.44. The van der Waals surface area contributed by atoms with Crippen molar-refractivity contribution in [3.63, 3.8) is 0 Å². The van der Waals surface area contributed by atoms with Gasteiger partial charge in [0.1, 0.15) is 0 Å². The standard InChI is InChI=1S/C13H14O3S/c1-9(7-13(15)16)6-12(14)11-4-2-10(8-17)3-5-11/h2-5,8-9H,6-7H2,1H3,(H,15,16). The fourth-order valence-electron chi connectivity index (χ4n) is 1.55. The van der Waals surface area contributed by atoms with Crippen LogP contribution >= 0.6 is 12.2 Å². The van der Waals surface area contributed by atoms with Crippen LogP contribution in [0.2, 0.25) is 0 Å². The fourth-order valence-corrected chi connectivity index (χ4v) is 1.71. The third-order valence-electron chi connectivity index (χ3n) is 2.43. The van der Waals surface area contributed by atoms with Crippen molar-refractivity contribution >= 4 is 29.3 Å². The number of rotatable bonds is 6. The van der Waals surface area contributed by atoms with Gasteiger partial charge in [0.25, 0.3) is 0 Å². The zero-order chi connectivity index (χ0) is 12.8. The number of aliphatic carboxylic acids is 1. The van der Waals surface area contributed by atoms with E-state index in [0.717, 1.165) is 5.56 Å². The SMILES string of the molecule is CC(CC(=O)O)CC(=O)c1ccc(C=S)cc1. The van der Waals surface area contributed by atoms with Crippen LogP contribution in [-0.4, -0.2) is 22.2 Å². The molecule has 1 rings (SSSR count). The van der Waals surface area contributed by atoms with Gasteiger partial charge < -0.3 is 5.11 Å². The molecule has 17 heavy (non-hydrogen) atoms. The minimum atomic E-state index is -0.874. The van der Waals surface area contributed by atoms with Crippen LogP contribution in [0.15, 0.2) is 24.3 Å². The summed E-state index contributed by atoms with van der Waals surface area (Å²) >= 11 is 4.77. The summed E-state index contributed by atoms with van der Waals surface area (Å²) in [5.74, 6) is -1.05. The number of carbonyl (C=O) groups is 2. The lowest BCUT2D eigenvalue weighted by molar-refractivity contribution is -0.137. The van der Waals surface area contributed by atoms with Crippen LogP contribution in [0.3, 0.4) is 0 Å². The first-order chi connectivity index (χ1) is 8.02. The molecule has 3 nitrogen and oxygen atoms in total. The largest absolute Gasteiger partial charge is 0.481 e. The quantitative estimate of drug-likeness (QED) is 0.623. The minimum absolute atomic E-state index is 0.0176. The molecule has 1 aromatic rings. The molecule has 0 bridgehead atoms. The lowest BCUT2D eigenvalue weighted by Crippen LogP contribution is -2.10. The number of Topliss-reactive ketones (excluding diaryl/α,β-unsaturated/α-hetero) is 1. The van der Waals surface area contributed by atoms with E-state index in [4.69, 9.17) is 17.3 Å². The number of hydrogen-bond donors (Lipinski definition) is 1. The molecule has 0 aliphatic heterocycles. The number of hydrogen-bond acceptors (Lipinski definition) is 3. The molecule has 0 amide bonds. The van der Waals surface area contributed by atoms with Crippen LogP contribution in [-0.2, 0) is 4.79 Å². The molecule has 4 heteroatoms. The summed E-state index contributed by atoms with van der Waals surface area (Å²) in [6.07, 6.45) is 0.271. The first-order valence-corrected chi connectivity index (χ1v) is 5.80. The van der Waals surface area contributed by atoms with Gasteiger partial charge >= 0.3 is 5.97 Å². The van der Waals surface area contributed by atoms with Crippen molar-refractivity contribution in [1.82, 2.24) is 0 Å². The summed E-state index contributed by atoms with van der Waals surface area (Å²) in [6, 6.07) is 6.99. The summed E-state index contributed by atoms with van der Waals surface area (Å²) in [6.45, 7) is 1.76. The molecule has 0 spiro atoms. The van der Waals surface area contributed by atoms with Crippen LogP contribution in [0.1, 0.15) is 35.7 Å². The Morgan fingerprint density at radius 3 is 2.35 bits per heavy atom. The van der Waals surface area contributed by atoms with E-state index in [9.17, 15) is 9.59 Å². The Kier molecular flexibility index (Phi) is 4.97. The van der Waals surface area contributed by atoms with Gasteiger partial charge in [-0.15, -0.1) is 0 Å². The maximum atomic E-state index is 11.8. The minimum Gasteiger partial charge on any atom is -0.481 e. The number of ketones is 1. The molecule has 1 N–H and O–H groups in total. The van der Waals surface area contributed by atoms with Crippen molar-refractivity contribution < 1.29 is 14.7 Å². The number of thiocarbonyl (C=S) groups is 1. The third-order valence-corrected chi connectivity index (χ3v) is 2.70. The van der Waals surface area contributed by atoms with Gasteiger partial charge in [-0.25, -0.2) is 0 Å². The molecule has 1 atom stereocenters. The molecule has 0 aromatic heterocycles. The van der Waals surface area contributed by atoms with E-state index in [2.05, 4.69) is 0 Å². The maximum Gasteiger partial charge on any atom is 0.303 e. The lowest BCUT2D eigenvalue weighted by Gasteiger charge is -2.07. The van der Waals surface area contributed by atoms with Gasteiger partial charge in [-0.2, -0.15) is 0 Å². The predicted octanol–water partition coefficient (Wildman–Crippen LogP) is 2.72. The number of carbonyl (C=O) groups excluding carboxylic acids is 1. The van der Waals surface area contributed by atoms with E-state index in [-0.39, 0.29) is 24.5 Å². The number of carboxylic acids is 1. The Labute approximate surface area is 105 Å². The number of benzene rings is 1. The summed E-state index contributed by atoms with van der Waals surface area (Å²) in [4.78, 5) is 22.3. The van der Waals surface area contributed by atoms with Gasteiger partial charge in [0, 0.05) is 23.8 Å². The summed E-state index contributed by atoms with van der Waals surface area (Å²) in [7, 11) is 0. The monoisotopic (exact) mass is 250 g/mol. The second-order valence-corrected chi connectivity index (χ2v) is 4.31. The predicted molar refractivity (Wildman–Crippen MR) is 69.6 cm³/mol. The van der Waals surface area contributed by atoms with E-state index in [1.54, 1.807) is 36.6 Å². The highest BCUT2D eigenvalue weighted by molar-refractivity contribution is 7.79. The van der Waals surface area contributed by atoms with Gasteiger partial charge in [-0.1, -0.05) is 43.4 Å². The van der Waals surface area contributed by atoms with Crippen LogP contribution < -0.4 is 0 Å². The van der Waals surface area contributed by atoms with Crippen molar-refractivity contribution in [2.75, 3.05) is 0 Å².